The molecule has 1 atom stereocenters. The van der Waals surface area contributed by atoms with Crippen molar-refractivity contribution in [1.82, 2.24) is 0 Å². The molecule has 3 rings (SSSR count). The number of hydrogen-bond donors (Lipinski definition) is 1. The second kappa shape index (κ2) is 5.21. The molecule has 2 aromatic carbocycles. The molecule has 20 heavy (non-hydrogen) atoms. The third kappa shape index (κ3) is 2.39. The highest BCUT2D eigenvalue weighted by atomic mass is 19.2. The van der Waals surface area contributed by atoms with Crippen molar-refractivity contribution >= 4 is 0 Å². The molecule has 1 aliphatic carbocycles. The first-order valence-electron chi connectivity index (χ1n) is 6.59. The summed E-state index contributed by atoms with van der Waals surface area (Å²) < 4.78 is 32.1. The molecule has 2 aromatic rings. The van der Waals surface area contributed by atoms with Crippen molar-refractivity contribution in [3.8, 4) is 5.75 Å². The van der Waals surface area contributed by atoms with Crippen LogP contribution in [0.1, 0.15) is 29.2 Å². The second-order valence-electron chi connectivity index (χ2n) is 5.01. The topological polar surface area (TPSA) is 35.2 Å². The fraction of sp³-hybridized carbons (Fsp3) is 0.250. The van der Waals surface area contributed by atoms with E-state index in [2.05, 4.69) is 0 Å². The standard InChI is InChI=1S/C16H15F2NO/c17-14-3-1-2-11(16(14)18)9-20-12-5-6-13-10(8-12)4-7-15(13)19/h1-3,5-6,8,15H,4,7,9,19H2/t15-/m0/s1. The summed E-state index contributed by atoms with van der Waals surface area (Å²) in [6.07, 6.45) is 1.87. The number of ether oxygens (including phenoxy) is 1. The summed E-state index contributed by atoms with van der Waals surface area (Å²) in [5.41, 5.74) is 8.50. The molecular formula is C16H15F2NO. The van der Waals surface area contributed by atoms with Gasteiger partial charge < -0.3 is 10.5 Å². The van der Waals surface area contributed by atoms with Gasteiger partial charge in [0, 0.05) is 11.6 Å². The SMILES string of the molecule is N[C@H]1CCc2cc(OCc3cccc(F)c3F)ccc21. The number of halogens is 2. The second-order valence-corrected chi connectivity index (χ2v) is 5.01. The highest BCUT2D eigenvalue weighted by Crippen LogP contribution is 2.32. The molecule has 2 N–H and O–H groups in total. The number of fused-ring (bicyclic) bond motifs is 1. The summed E-state index contributed by atoms with van der Waals surface area (Å²) >= 11 is 0. The molecule has 0 radical (unpaired) electrons. The van der Waals surface area contributed by atoms with Gasteiger partial charge in [0.25, 0.3) is 0 Å². The number of hydrogen-bond acceptors (Lipinski definition) is 2. The number of benzene rings is 2. The van der Waals surface area contributed by atoms with Crippen molar-refractivity contribution in [2.75, 3.05) is 0 Å². The Balaban J connectivity index is 1.74. The highest BCUT2D eigenvalue weighted by Gasteiger charge is 2.19. The van der Waals surface area contributed by atoms with Crippen LogP contribution >= 0.6 is 0 Å². The third-order valence-electron chi connectivity index (χ3n) is 3.66. The van der Waals surface area contributed by atoms with Gasteiger partial charge in [0.15, 0.2) is 11.6 Å². The number of rotatable bonds is 3. The van der Waals surface area contributed by atoms with Gasteiger partial charge >= 0.3 is 0 Å². The number of aryl methyl sites for hydroxylation is 1. The highest BCUT2D eigenvalue weighted by molar-refractivity contribution is 5.40. The van der Waals surface area contributed by atoms with Gasteiger partial charge in [-0.05, 0) is 42.2 Å². The lowest BCUT2D eigenvalue weighted by Crippen LogP contribution is -2.05. The Labute approximate surface area is 116 Å². The van der Waals surface area contributed by atoms with Crippen molar-refractivity contribution in [2.45, 2.75) is 25.5 Å². The zero-order valence-corrected chi connectivity index (χ0v) is 10.9. The first kappa shape index (κ1) is 13.1. The average molecular weight is 275 g/mol. The molecule has 0 unspecified atom stereocenters. The van der Waals surface area contributed by atoms with E-state index in [0.717, 1.165) is 24.5 Å². The lowest BCUT2D eigenvalue weighted by atomic mass is 10.1. The van der Waals surface area contributed by atoms with Gasteiger partial charge in [-0.2, -0.15) is 0 Å². The van der Waals surface area contributed by atoms with E-state index < -0.39 is 11.6 Å². The van der Waals surface area contributed by atoms with E-state index in [9.17, 15) is 8.78 Å². The van der Waals surface area contributed by atoms with Crippen LogP contribution in [0.2, 0.25) is 0 Å². The summed E-state index contributed by atoms with van der Waals surface area (Å²) in [5.74, 6) is -1.05. The predicted molar refractivity (Wildman–Crippen MR) is 72.4 cm³/mol. The Hall–Kier alpha value is -1.94. The van der Waals surface area contributed by atoms with Crippen LogP contribution in [0.3, 0.4) is 0 Å². The quantitative estimate of drug-likeness (QED) is 0.930. The Morgan fingerprint density at radius 2 is 2.05 bits per heavy atom. The maximum Gasteiger partial charge on any atom is 0.165 e. The molecule has 104 valence electrons. The van der Waals surface area contributed by atoms with Crippen molar-refractivity contribution in [3.05, 3.63) is 64.7 Å². The van der Waals surface area contributed by atoms with Crippen LogP contribution in [0.4, 0.5) is 8.78 Å². The summed E-state index contributed by atoms with van der Waals surface area (Å²) in [4.78, 5) is 0. The first-order valence-corrected chi connectivity index (χ1v) is 6.59. The van der Waals surface area contributed by atoms with Crippen LogP contribution < -0.4 is 10.5 Å². The van der Waals surface area contributed by atoms with Crippen LogP contribution in [0.25, 0.3) is 0 Å². The lowest BCUT2D eigenvalue weighted by molar-refractivity contribution is 0.297. The monoisotopic (exact) mass is 275 g/mol. The van der Waals surface area contributed by atoms with Gasteiger partial charge in [-0.3, -0.25) is 0 Å². The third-order valence-corrected chi connectivity index (χ3v) is 3.66. The molecule has 4 heteroatoms. The molecule has 2 nitrogen and oxygen atoms in total. The van der Waals surface area contributed by atoms with E-state index in [1.54, 1.807) is 0 Å². The molecule has 0 aromatic heterocycles. The Morgan fingerprint density at radius 1 is 1.20 bits per heavy atom. The maximum absolute atomic E-state index is 13.5. The smallest absolute Gasteiger partial charge is 0.165 e. The van der Waals surface area contributed by atoms with Crippen molar-refractivity contribution in [2.24, 2.45) is 5.73 Å². The van der Waals surface area contributed by atoms with E-state index in [1.807, 2.05) is 18.2 Å². The van der Waals surface area contributed by atoms with Gasteiger partial charge in [-0.25, -0.2) is 8.78 Å². The molecule has 0 spiro atoms. The fourth-order valence-electron chi connectivity index (χ4n) is 2.54. The molecule has 0 fully saturated rings. The minimum atomic E-state index is -0.856. The summed E-state index contributed by atoms with van der Waals surface area (Å²) in [5, 5.41) is 0. The summed E-state index contributed by atoms with van der Waals surface area (Å²) in [6, 6.07) is 9.88. The summed E-state index contributed by atoms with van der Waals surface area (Å²) in [7, 11) is 0. The van der Waals surface area contributed by atoms with Gasteiger partial charge in [-0.15, -0.1) is 0 Å². The van der Waals surface area contributed by atoms with Crippen molar-refractivity contribution in [1.29, 1.82) is 0 Å². The van der Waals surface area contributed by atoms with E-state index in [1.165, 1.54) is 17.7 Å². The lowest BCUT2D eigenvalue weighted by Gasteiger charge is -2.10. The molecule has 0 amide bonds. The number of nitrogens with two attached hydrogens (primary N) is 1. The Morgan fingerprint density at radius 3 is 2.90 bits per heavy atom. The van der Waals surface area contributed by atoms with Gasteiger partial charge in [0.05, 0.1) is 0 Å². The predicted octanol–water partition coefficient (Wildman–Crippen LogP) is 3.49. The van der Waals surface area contributed by atoms with Crippen molar-refractivity contribution < 1.29 is 13.5 Å². The van der Waals surface area contributed by atoms with E-state index >= 15 is 0 Å². The van der Waals surface area contributed by atoms with Crippen LogP contribution in [0, 0.1) is 11.6 Å². The minimum Gasteiger partial charge on any atom is -0.489 e. The van der Waals surface area contributed by atoms with Crippen LogP contribution in [0.15, 0.2) is 36.4 Å². The molecule has 0 saturated carbocycles. The van der Waals surface area contributed by atoms with Crippen LogP contribution in [-0.2, 0) is 13.0 Å². The maximum atomic E-state index is 13.5. The van der Waals surface area contributed by atoms with E-state index in [0.29, 0.717) is 5.75 Å². The zero-order chi connectivity index (χ0) is 14.1. The zero-order valence-electron chi connectivity index (χ0n) is 10.9. The molecular weight excluding hydrogens is 260 g/mol. The molecule has 0 aliphatic heterocycles. The van der Waals surface area contributed by atoms with E-state index in [-0.39, 0.29) is 18.2 Å². The Kier molecular flexibility index (Phi) is 3.40. The first-order chi connectivity index (χ1) is 9.65. The average Bonchev–Trinajstić information content (AvgIpc) is 2.82. The molecule has 0 saturated heterocycles. The van der Waals surface area contributed by atoms with Gasteiger partial charge in [0.2, 0.25) is 0 Å². The largest absolute Gasteiger partial charge is 0.489 e. The van der Waals surface area contributed by atoms with Gasteiger partial charge in [-0.1, -0.05) is 18.2 Å². The molecule has 0 bridgehead atoms. The minimum absolute atomic E-state index is 0.00837. The fourth-order valence-corrected chi connectivity index (χ4v) is 2.54. The normalized spacial score (nSPS) is 17.1. The van der Waals surface area contributed by atoms with Crippen LogP contribution in [0.5, 0.6) is 5.75 Å². The van der Waals surface area contributed by atoms with Crippen LogP contribution in [-0.4, -0.2) is 0 Å². The molecule has 0 heterocycles. The Bertz CT molecular complexity index is 642. The summed E-state index contributed by atoms with van der Waals surface area (Å²) in [6.45, 7) is 0.00837. The van der Waals surface area contributed by atoms with E-state index in [4.69, 9.17) is 10.5 Å². The van der Waals surface area contributed by atoms with Gasteiger partial charge in [0.1, 0.15) is 12.4 Å². The van der Waals surface area contributed by atoms with Crippen molar-refractivity contribution in [3.63, 3.8) is 0 Å². The molecule has 1 aliphatic rings.